The van der Waals surface area contributed by atoms with Crippen LogP contribution in [-0.2, 0) is 0 Å². The standard InChI is InChI=1S/C11H17N3O/c1-8-6-9(2)14-11(13-8)15-10-4-3-5-12-7-10/h6,10,12H,3-5,7H2,1-2H3/t10-/m1/s1. The molecule has 0 unspecified atom stereocenters. The summed E-state index contributed by atoms with van der Waals surface area (Å²) in [6, 6.07) is 2.47. The van der Waals surface area contributed by atoms with E-state index in [1.165, 1.54) is 0 Å². The fourth-order valence-corrected chi connectivity index (χ4v) is 1.82. The first kappa shape index (κ1) is 10.4. The minimum absolute atomic E-state index is 0.222. The Labute approximate surface area is 90.1 Å². The second-order valence-electron chi connectivity index (χ2n) is 4.02. The molecule has 1 aromatic rings. The molecule has 2 heterocycles. The number of ether oxygens (including phenoxy) is 1. The summed E-state index contributed by atoms with van der Waals surface area (Å²) in [4.78, 5) is 8.53. The lowest BCUT2D eigenvalue weighted by atomic mass is 10.1. The third-order valence-corrected chi connectivity index (χ3v) is 2.49. The maximum Gasteiger partial charge on any atom is 0.317 e. The topological polar surface area (TPSA) is 47.0 Å². The first-order valence-electron chi connectivity index (χ1n) is 5.44. The fraction of sp³-hybridized carbons (Fsp3) is 0.636. The van der Waals surface area contributed by atoms with Crippen LogP contribution in [0.5, 0.6) is 6.01 Å². The average molecular weight is 207 g/mol. The van der Waals surface area contributed by atoms with Crippen LogP contribution in [0, 0.1) is 13.8 Å². The van der Waals surface area contributed by atoms with Crippen LogP contribution in [0.25, 0.3) is 0 Å². The van der Waals surface area contributed by atoms with Crippen LogP contribution in [-0.4, -0.2) is 29.2 Å². The molecule has 2 rings (SSSR count). The molecule has 82 valence electrons. The van der Waals surface area contributed by atoms with Crippen molar-refractivity contribution in [2.24, 2.45) is 0 Å². The third kappa shape index (κ3) is 2.89. The van der Waals surface area contributed by atoms with Gasteiger partial charge in [-0.3, -0.25) is 0 Å². The van der Waals surface area contributed by atoms with Crippen LogP contribution >= 0.6 is 0 Å². The summed E-state index contributed by atoms with van der Waals surface area (Å²) in [6.45, 7) is 5.91. The van der Waals surface area contributed by atoms with Gasteiger partial charge in [-0.05, 0) is 39.3 Å². The minimum atomic E-state index is 0.222. The molecule has 0 radical (unpaired) electrons. The molecule has 0 spiro atoms. The smallest absolute Gasteiger partial charge is 0.317 e. The average Bonchev–Trinajstić information content (AvgIpc) is 2.17. The normalized spacial score (nSPS) is 21.3. The summed E-state index contributed by atoms with van der Waals surface area (Å²) in [7, 11) is 0. The second-order valence-corrected chi connectivity index (χ2v) is 4.02. The molecular formula is C11H17N3O. The number of nitrogens with one attached hydrogen (secondary N) is 1. The Morgan fingerprint density at radius 1 is 1.33 bits per heavy atom. The van der Waals surface area contributed by atoms with Crippen LogP contribution in [0.15, 0.2) is 6.07 Å². The van der Waals surface area contributed by atoms with Crippen molar-refractivity contribution in [3.05, 3.63) is 17.5 Å². The third-order valence-electron chi connectivity index (χ3n) is 2.49. The molecule has 0 amide bonds. The number of hydrogen-bond donors (Lipinski definition) is 1. The van der Waals surface area contributed by atoms with Gasteiger partial charge in [0.15, 0.2) is 0 Å². The lowest BCUT2D eigenvalue weighted by molar-refractivity contribution is 0.153. The maximum absolute atomic E-state index is 5.73. The highest BCUT2D eigenvalue weighted by Gasteiger charge is 2.15. The van der Waals surface area contributed by atoms with Gasteiger partial charge in [-0.25, -0.2) is 9.97 Å². The summed E-state index contributed by atoms with van der Waals surface area (Å²) in [6.07, 6.45) is 2.47. The van der Waals surface area contributed by atoms with E-state index in [2.05, 4.69) is 15.3 Å². The largest absolute Gasteiger partial charge is 0.459 e. The van der Waals surface area contributed by atoms with E-state index in [1.54, 1.807) is 0 Å². The van der Waals surface area contributed by atoms with Crippen molar-refractivity contribution in [2.45, 2.75) is 32.8 Å². The lowest BCUT2D eigenvalue weighted by Crippen LogP contribution is -2.37. The van der Waals surface area contributed by atoms with Gasteiger partial charge in [0.25, 0.3) is 0 Å². The Hall–Kier alpha value is -1.16. The lowest BCUT2D eigenvalue weighted by Gasteiger charge is -2.22. The number of hydrogen-bond acceptors (Lipinski definition) is 4. The van der Waals surface area contributed by atoms with Gasteiger partial charge < -0.3 is 10.1 Å². The van der Waals surface area contributed by atoms with E-state index in [0.717, 1.165) is 37.3 Å². The Morgan fingerprint density at radius 2 is 2.07 bits per heavy atom. The molecule has 0 aliphatic carbocycles. The van der Waals surface area contributed by atoms with Crippen molar-refractivity contribution < 1.29 is 4.74 Å². The highest BCUT2D eigenvalue weighted by atomic mass is 16.5. The summed E-state index contributed by atoms with van der Waals surface area (Å²) >= 11 is 0. The van der Waals surface area contributed by atoms with E-state index < -0.39 is 0 Å². The van der Waals surface area contributed by atoms with Gasteiger partial charge in [-0.15, -0.1) is 0 Å². The molecule has 1 atom stereocenters. The summed E-state index contributed by atoms with van der Waals surface area (Å²) in [5.41, 5.74) is 1.92. The molecule has 0 aromatic carbocycles. The molecule has 1 fully saturated rings. The molecule has 1 saturated heterocycles. The number of aryl methyl sites for hydroxylation is 2. The summed E-state index contributed by atoms with van der Waals surface area (Å²) in [5.74, 6) is 0. The Balaban J connectivity index is 2.02. The molecule has 1 aliphatic heterocycles. The highest BCUT2D eigenvalue weighted by molar-refractivity contribution is 5.11. The zero-order valence-electron chi connectivity index (χ0n) is 9.29. The van der Waals surface area contributed by atoms with Crippen LogP contribution in [0.2, 0.25) is 0 Å². The Kier molecular flexibility index (Phi) is 3.16. The number of rotatable bonds is 2. The van der Waals surface area contributed by atoms with Crippen LogP contribution in [0.3, 0.4) is 0 Å². The number of aromatic nitrogens is 2. The van der Waals surface area contributed by atoms with E-state index in [1.807, 2.05) is 19.9 Å². The molecule has 0 bridgehead atoms. The van der Waals surface area contributed by atoms with Gasteiger partial charge in [0.2, 0.25) is 0 Å². The van der Waals surface area contributed by atoms with Crippen molar-refractivity contribution in [2.75, 3.05) is 13.1 Å². The van der Waals surface area contributed by atoms with Gasteiger partial charge in [0.1, 0.15) is 6.10 Å². The van der Waals surface area contributed by atoms with Gasteiger partial charge in [-0.1, -0.05) is 0 Å². The van der Waals surface area contributed by atoms with E-state index in [9.17, 15) is 0 Å². The predicted molar refractivity (Wildman–Crippen MR) is 58.0 cm³/mol. The van der Waals surface area contributed by atoms with Gasteiger partial charge in [-0.2, -0.15) is 0 Å². The number of nitrogens with zero attached hydrogens (tertiary/aromatic N) is 2. The second kappa shape index (κ2) is 4.57. The summed E-state index contributed by atoms with van der Waals surface area (Å²) < 4.78 is 5.73. The molecular weight excluding hydrogens is 190 g/mol. The van der Waals surface area contributed by atoms with Crippen molar-refractivity contribution in [1.82, 2.24) is 15.3 Å². The molecule has 0 saturated carbocycles. The van der Waals surface area contributed by atoms with Crippen molar-refractivity contribution >= 4 is 0 Å². The SMILES string of the molecule is Cc1cc(C)nc(O[C@@H]2CCCNC2)n1. The summed E-state index contributed by atoms with van der Waals surface area (Å²) in [5, 5.41) is 3.30. The van der Waals surface area contributed by atoms with Crippen LogP contribution in [0.1, 0.15) is 24.2 Å². The maximum atomic E-state index is 5.73. The van der Waals surface area contributed by atoms with E-state index in [0.29, 0.717) is 6.01 Å². The first-order valence-corrected chi connectivity index (χ1v) is 5.44. The van der Waals surface area contributed by atoms with E-state index in [-0.39, 0.29) is 6.10 Å². The predicted octanol–water partition coefficient (Wildman–Crippen LogP) is 1.22. The zero-order valence-corrected chi connectivity index (χ0v) is 9.29. The van der Waals surface area contributed by atoms with Gasteiger partial charge in [0, 0.05) is 17.9 Å². The quantitative estimate of drug-likeness (QED) is 0.792. The molecule has 15 heavy (non-hydrogen) atoms. The molecule has 4 nitrogen and oxygen atoms in total. The Morgan fingerprint density at radius 3 is 2.67 bits per heavy atom. The van der Waals surface area contributed by atoms with E-state index in [4.69, 9.17) is 4.74 Å². The zero-order chi connectivity index (χ0) is 10.7. The van der Waals surface area contributed by atoms with Gasteiger partial charge in [0.05, 0.1) is 0 Å². The van der Waals surface area contributed by atoms with Crippen LogP contribution in [0.4, 0.5) is 0 Å². The highest BCUT2D eigenvalue weighted by Crippen LogP contribution is 2.12. The van der Waals surface area contributed by atoms with Gasteiger partial charge >= 0.3 is 6.01 Å². The molecule has 1 N–H and O–H groups in total. The molecule has 1 aliphatic rings. The monoisotopic (exact) mass is 207 g/mol. The first-order chi connectivity index (χ1) is 7.24. The van der Waals surface area contributed by atoms with Crippen molar-refractivity contribution in [3.8, 4) is 6.01 Å². The van der Waals surface area contributed by atoms with Crippen molar-refractivity contribution in [3.63, 3.8) is 0 Å². The fourth-order valence-electron chi connectivity index (χ4n) is 1.82. The van der Waals surface area contributed by atoms with E-state index >= 15 is 0 Å². The molecule has 4 heteroatoms. The molecule has 1 aromatic heterocycles. The Bertz CT molecular complexity index is 314. The number of piperidine rings is 1. The van der Waals surface area contributed by atoms with Crippen LogP contribution < -0.4 is 10.1 Å². The minimum Gasteiger partial charge on any atom is -0.459 e. The van der Waals surface area contributed by atoms with Crippen molar-refractivity contribution in [1.29, 1.82) is 0 Å².